The van der Waals surface area contributed by atoms with E-state index < -0.39 is 5.97 Å². The number of aromatic nitrogens is 3. The van der Waals surface area contributed by atoms with Crippen molar-refractivity contribution >= 4 is 51.3 Å². The number of amides is 1. The zero-order valence-electron chi connectivity index (χ0n) is 21.8. The predicted molar refractivity (Wildman–Crippen MR) is 160 cm³/mol. The summed E-state index contributed by atoms with van der Waals surface area (Å²) in [6.07, 6.45) is 0. The van der Waals surface area contributed by atoms with Crippen molar-refractivity contribution in [2.75, 3.05) is 18.2 Å². The highest BCUT2D eigenvalue weighted by molar-refractivity contribution is 7.99. The lowest BCUT2D eigenvalue weighted by Crippen LogP contribution is -2.16. The molecule has 0 bridgehead atoms. The first-order valence-corrected chi connectivity index (χ1v) is 14.8. The van der Waals surface area contributed by atoms with Gasteiger partial charge in [0.15, 0.2) is 11.0 Å². The van der Waals surface area contributed by atoms with Crippen LogP contribution >= 0.6 is 34.4 Å². The summed E-state index contributed by atoms with van der Waals surface area (Å²) in [5.41, 5.74) is 6.46. The molecule has 198 valence electrons. The second-order valence-electron chi connectivity index (χ2n) is 8.86. The Morgan fingerprint density at radius 1 is 0.949 bits per heavy atom. The van der Waals surface area contributed by atoms with E-state index in [0.717, 1.165) is 33.6 Å². The van der Waals surface area contributed by atoms with Crippen LogP contribution in [0.4, 0.5) is 5.00 Å². The highest BCUT2D eigenvalue weighted by Gasteiger charge is 2.23. The van der Waals surface area contributed by atoms with Crippen molar-refractivity contribution in [1.82, 2.24) is 14.8 Å². The topological polar surface area (TPSA) is 86.1 Å². The summed E-state index contributed by atoms with van der Waals surface area (Å²) in [4.78, 5) is 26.7. The van der Waals surface area contributed by atoms with E-state index in [1.165, 1.54) is 40.6 Å². The van der Waals surface area contributed by atoms with Crippen molar-refractivity contribution in [3.8, 4) is 33.6 Å². The average molecular weight is 575 g/mol. The Morgan fingerprint density at radius 3 is 2.38 bits per heavy atom. The number of rotatable bonds is 8. The molecule has 0 fully saturated rings. The van der Waals surface area contributed by atoms with Gasteiger partial charge in [-0.2, -0.15) is 0 Å². The lowest BCUT2D eigenvalue weighted by Gasteiger charge is -2.08. The van der Waals surface area contributed by atoms with E-state index in [0.29, 0.717) is 15.7 Å². The molecule has 0 saturated carbocycles. The van der Waals surface area contributed by atoms with E-state index >= 15 is 0 Å². The molecule has 1 amide bonds. The molecule has 0 aliphatic carbocycles. The number of ether oxygens (including phenoxy) is 1. The highest BCUT2D eigenvalue weighted by atomic mass is 32.2. The summed E-state index contributed by atoms with van der Waals surface area (Å²) in [5.74, 6) is 0.115. The number of hydrogen-bond donors (Lipinski definition) is 1. The van der Waals surface area contributed by atoms with Crippen LogP contribution in [-0.2, 0) is 16.6 Å². The molecule has 0 aliphatic heterocycles. The molecule has 10 heteroatoms. The van der Waals surface area contributed by atoms with Crippen molar-refractivity contribution in [2.24, 2.45) is 7.05 Å². The molecule has 0 saturated heterocycles. The normalized spacial score (nSPS) is 11.0. The number of nitrogens with one attached hydrogen (secondary N) is 1. The van der Waals surface area contributed by atoms with E-state index in [9.17, 15) is 9.59 Å². The summed E-state index contributed by atoms with van der Waals surface area (Å²) < 4.78 is 6.92. The fourth-order valence-corrected chi connectivity index (χ4v) is 6.80. The fourth-order valence-electron chi connectivity index (χ4n) is 4.25. The molecule has 3 heterocycles. The second-order valence-corrected chi connectivity index (χ2v) is 11.8. The van der Waals surface area contributed by atoms with Crippen LogP contribution in [0.1, 0.15) is 20.8 Å². The minimum absolute atomic E-state index is 0.110. The largest absolute Gasteiger partial charge is 0.465 e. The van der Waals surface area contributed by atoms with Crippen LogP contribution in [0.3, 0.4) is 0 Å². The van der Waals surface area contributed by atoms with Gasteiger partial charge in [0.05, 0.1) is 12.9 Å². The standard InChI is InChI=1S/C29H26N4O3S3/c1-17-10-12-20(13-11-17)24-18(2)37-15-22(24)26-31-32-29(33(26)3)39-16-23(34)30-27-25(28(35)36-4)21(14-38-27)19-8-6-5-7-9-19/h5-15H,16H2,1-4H3,(H,30,34). The van der Waals surface area contributed by atoms with Gasteiger partial charge in [0.2, 0.25) is 5.91 Å². The minimum Gasteiger partial charge on any atom is -0.465 e. The van der Waals surface area contributed by atoms with Gasteiger partial charge in [-0.15, -0.1) is 32.9 Å². The van der Waals surface area contributed by atoms with Crippen LogP contribution in [0.5, 0.6) is 0 Å². The van der Waals surface area contributed by atoms with E-state index in [1.54, 1.807) is 11.3 Å². The number of thiophene rings is 2. The Bertz CT molecular complexity index is 1640. The number of hydrogen-bond acceptors (Lipinski definition) is 8. The van der Waals surface area contributed by atoms with E-state index in [4.69, 9.17) is 4.74 Å². The molecule has 0 atom stereocenters. The van der Waals surface area contributed by atoms with E-state index in [1.807, 2.05) is 47.3 Å². The summed E-state index contributed by atoms with van der Waals surface area (Å²) in [7, 11) is 3.24. The van der Waals surface area contributed by atoms with Crippen LogP contribution in [0, 0.1) is 13.8 Å². The first kappa shape index (κ1) is 26.9. The summed E-state index contributed by atoms with van der Waals surface area (Å²) in [5, 5.41) is 16.7. The minimum atomic E-state index is -0.494. The zero-order valence-corrected chi connectivity index (χ0v) is 24.3. The Labute approximate surface area is 238 Å². The van der Waals surface area contributed by atoms with Gasteiger partial charge in [-0.25, -0.2) is 4.79 Å². The van der Waals surface area contributed by atoms with Crippen molar-refractivity contribution < 1.29 is 14.3 Å². The Kier molecular flexibility index (Phi) is 7.97. The van der Waals surface area contributed by atoms with Crippen molar-refractivity contribution in [3.05, 3.63) is 81.4 Å². The second kappa shape index (κ2) is 11.6. The van der Waals surface area contributed by atoms with Crippen molar-refractivity contribution in [2.45, 2.75) is 19.0 Å². The maximum Gasteiger partial charge on any atom is 0.341 e. The van der Waals surface area contributed by atoms with Crippen LogP contribution in [0.15, 0.2) is 70.5 Å². The Balaban J connectivity index is 1.33. The first-order chi connectivity index (χ1) is 18.9. The number of carbonyl (C=O) groups excluding carboxylic acids is 2. The molecule has 0 unspecified atom stereocenters. The number of esters is 1. The molecule has 1 N–H and O–H groups in total. The third-order valence-electron chi connectivity index (χ3n) is 6.24. The molecule has 5 aromatic rings. The number of anilines is 1. The Hall–Kier alpha value is -3.73. The molecule has 5 rings (SSSR count). The highest BCUT2D eigenvalue weighted by Crippen LogP contribution is 2.39. The van der Waals surface area contributed by atoms with Crippen LogP contribution in [0.25, 0.3) is 33.6 Å². The first-order valence-electron chi connectivity index (χ1n) is 12.1. The summed E-state index contributed by atoms with van der Waals surface area (Å²) >= 11 is 4.27. The summed E-state index contributed by atoms with van der Waals surface area (Å²) in [6.45, 7) is 4.18. The van der Waals surface area contributed by atoms with Gasteiger partial charge < -0.3 is 14.6 Å². The van der Waals surface area contributed by atoms with Gasteiger partial charge in [-0.05, 0) is 25.0 Å². The molecule has 7 nitrogen and oxygen atoms in total. The van der Waals surface area contributed by atoms with Crippen LogP contribution in [-0.4, -0.2) is 39.5 Å². The molecule has 3 aromatic heterocycles. The number of thioether (sulfide) groups is 1. The average Bonchev–Trinajstić information content (AvgIpc) is 3.64. The van der Waals surface area contributed by atoms with E-state index in [2.05, 4.69) is 59.0 Å². The molecule has 0 spiro atoms. The predicted octanol–water partition coefficient (Wildman–Crippen LogP) is 7.07. The fraction of sp³-hybridized carbons (Fsp3) is 0.172. The molecular weight excluding hydrogens is 549 g/mol. The smallest absolute Gasteiger partial charge is 0.341 e. The lowest BCUT2D eigenvalue weighted by atomic mass is 10.0. The number of methoxy groups -OCH3 is 1. The van der Waals surface area contributed by atoms with Crippen molar-refractivity contribution in [3.63, 3.8) is 0 Å². The molecular formula is C29H26N4O3S3. The summed E-state index contributed by atoms with van der Waals surface area (Å²) in [6, 6.07) is 18.0. The van der Waals surface area contributed by atoms with E-state index in [-0.39, 0.29) is 11.7 Å². The number of aryl methyl sites for hydroxylation is 2. The number of benzene rings is 2. The molecule has 0 aliphatic rings. The maximum absolute atomic E-state index is 12.9. The SMILES string of the molecule is COC(=O)c1c(-c2ccccc2)csc1NC(=O)CSc1nnc(-c2csc(C)c2-c2ccc(C)cc2)n1C. The van der Waals surface area contributed by atoms with Gasteiger partial charge in [0, 0.05) is 39.4 Å². The number of nitrogens with zero attached hydrogens (tertiary/aromatic N) is 3. The quantitative estimate of drug-likeness (QED) is 0.158. The zero-order chi connectivity index (χ0) is 27.5. The number of carbonyl (C=O) groups is 2. The monoisotopic (exact) mass is 574 g/mol. The molecule has 2 aromatic carbocycles. The maximum atomic E-state index is 12.9. The van der Waals surface area contributed by atoms with Gasteiger partial charge in [0.1, 0.15) is 10.6 Å². The van der Waals surface area contributed by atoms with Crippen LogP contribution < -0.4 is 5.32 Å². The van der Waals surface area contributed by atoms with Crippen LogP contribution in [0.2, 0.25) is 0 Å². The van der Waals surface area contributed by atoms with Crippen molar-refractivity contribution in [1.29, 1.82) is 0 Å². The van der Waals surface area contributed by atoms with Gasteiger partial charge >= 0.3 is 5.97 Å². The lowest BCUT2D eigenvalue weighted by molar-refractivity contribution is -0.113. The third kappa shape index (κ3) is 5.54. The molecule has 39 heavy (non-hydrogen) atoms. The third-order valence-corrected chi connectivity index (χ3v) is 9.07. The molecule has 0 radical (unpaired) electrons. The van der Waals surface area contributed by atoms with Gasteiger partial charge in [0.25, 0.3) is 0 Å². The Morgan fingerprint density at radius 2 is 1.67 bits per heavy atom. The van der Waals surface area contributed by atoms with Gasteiger partial charge in [-0.1, -0.05) is 71.9 Å². The van der Waals surface area contributed by atoms with Gasteiger partial charge in [-0.3, -0.25) is 4.79 Å².